The molecule has 1 rings (SSSR count). The molecule has 0 saturated carbocycles. The summed E-state index contributed by atoms with van der Waals surface area (Å²) < 4.78 is 4.62. The van der Waals surface area contributed by atoms with Gasteiger partial charge in [0.15, 0.2) is 5.41 Å². The molecule has 0 saturated heterocycles. The maximum atomic E-state index is 12.1. The first-order chi connectivity index (χ1) is 7.76. The monoisotopic (exact) mass is 240 g/mol. The fraction of sp³-hybridized carbons (Fsp3) is 0.545. The largest absolute Gasteiger partial charge is 0.466 e. The standard InChI is InChI=1S/C11H16N2O4/c1-6-7(8(14)17-5)11(2,9(15)12-6)10(16)13(3)4/h1-5H3,(H,12,15). The lowest BCUT2D eigenvalue weighted by molar-refractivity contribution is -0.148. The number of carbonyl (C=O) groups excluding carboxylic acids is 3. The molecule has 6 nitrogen and oxygen atoms in total. The summed E-state index contributed by atoms with van der Waals surface area (Å²) in [5, 5.41) is 2.50. The predicted octanol–water partition coefficient (Wildman–Crippen LogP) is -0.342. The number of hydrogen-bond acceptors (Lipinski definition) is 4. The number of esters is 1. The molecule has 0 bridgehead atoms. The van der Waals surface area contributed by atoms with Gasteiger partial charge in [0.05, 0.1) is 12.7 Å². The van der Waals surface area contributed by atoms with Crippen LogP contribution >= 0.6 is 0 Å². The number of carbonyl (C=O) groups is 3. The quantitative estimate of drug-likeness (QED) is 0.529. The van der Waals surface area contributed by atoms with E-state index < -0.39 is 23.2 Å². The van der Waals surface area contributed by atoms with Crippen LogP contribution in [0.5, 0.6) is 0 Å². The van der Waals surface area contributed by atoms with Crippen LogP contribution in [0.1, 0.15) is 13.8 Å². The van der Waals surface area contributed by atoms with Crippen LogP contribution in [-0.4, -0.2) is 43.9 Å². The SMILES string of the molecule is COC(=O)C1=C(C)NC(=O)C1(C)C(=O)N(C)C. The van der Waals surface area contributed by atoms with Crippen molar-refractivity contribution in [2.24, 2.45) is 5.41 Å². The van der Waals surface area contributed by atoms with E-state index >= 15 is 0 Å². The van der Waals surface area contributed by atoms with Crippen molar-refractivity contribution in [3.8, 4) is 0 Å². The summed E-state index contributed by atoms with van der Waals surface area (Å²) in [6.07, 6.45) is 0. The lowest BCUT2D eigenvalue weighted by atomic mass is 9.81. The van der Waals surface area contributed by atoms with Crippen molar-refractivity contribution in [3.63, 3.8) is 0 Å². The highest BCUT2D eigenvalue weighted by Gasteiger charge is 2.53. The van der Waals surface area contributed by atoms with E-state index in [1.807, 2.05) is 0 Å². The first kappa shape index (κ1) is 13.2. The average Bonchev–Trinajstić information content (AvgIpc) is 2.48. The highest BCUT2D eigenvalue weighted by atomic mass is 16.5. The summed E-state index contributed by atoms with van der Waals surface area (Å²) in [6.45, 7) is 2.99. The van der Waals surface area contributed by atoms with Crippen LogP contribution in [0, 0.1) is 5.41 Å². The smallest absolute Gasteiger partial charge is 0.337 e. The van der Waals surface area contributed by atoms with Gasteiger partial charge in [-0.2, -0.15) is 0 Å². The molecule has 1 heterocycles. The minimum Gasteiger partial charge on any atom is -0.466 e. The summed E-state index contributed by atoms with van der Waals surface area (Å²) in [6, 6.07) is 0. The third-order valence-electron chi connectivity index (χ3n) is 2.85. The van der Waals surface area contributed by atoms with Crippen molar-refractivity contribution in [2.45, 2.75) is 13.8 Å². The molecule has 1 atom stereocenters. The molecule has 0 spiro atoms. The van der Waals surface area contributed by atoms with Crippen molar-refractivity contribution < 1.29 is 19.1 Å². The van der Waals surface area contributed by atoms with Crippen LogP contribution in [0.2, 0.25) is 0 Å². The minimum atomic E-state index is -1.51. The first-order valence-electron chi connectivity index (χ1n) is 5.09. The Morgan fingerprint density at radius 3 is 2.29 bits per heavy atom. The van der Waals surface area contributed by atoms with Gasteiger partial charge in [0.1, 0.15) is 0 Å². The summed E-state index contributed by atoms with van der Waals surface area (Å²) in [5.74, 6) is -1.63. The van der Waals surface area contributed by atoms with Gasteiger partial charge in [-0.1, -0.05) is 0 Å². The Bertz CT molecular complexity index is 425. The molecule has 0 aromatic heterocycles. The van der Waals surface area contributed by atoms with Crippen LogP contribution in [0.15, 0.2) is 11.3 Å². The van der Waals surface area contributed by atoms with E-state index in [1.165, 1.54) is 33.0 Å². The number of allylic oxidation sites excluding steroid dienone is 1. The van der Waals surface area contributed by atoms with Crippen LogP contribution in [0.4, 0.5) is 0 Å². The lowest BCUT2D eigenvalue weighted by Gasteiger charge is -2.25. The highest BCUT2D eigenvalue weighted by molar-refractivity contribution is 6.17. The molecule has 17 heavy (non-hydrogen) atoms. The van der Waals surface area contributed by atoms with Gasteiger partial charge in [-0.25, -0.2) is 4.79 Å². The number of amides is 2. The van der Waals surface area contributed by atoms with Crippen LogP contribution in [-0.2, 0) is 19.1 Å². The van der Waals surface area contributed by atoms with E-state index in [-0.39, 0.29) is 5.57 Å². The van der Waals surface area contributed by atoms with E-state index in [0.717, 1.165) is 0 Å². The maximum Gasteiger partial charge on any atom is 0.337 e. The zero-order chi connectivity index (χ0) is 13.4. The topological polar surface area (TPSA) is 75.7 Å². The highest BCUT2D eigenvalue weighted by Crippen LogP contribution is 2.36. The number of nitrogens with zero attached hydrogens (tertiary/aromatic N) is 1. The Labute approximate surface area is 99.6 Å². The summed E-state index contributed by atoms with van der Waals surface area (Å²) in [5.41, 5.74) is -1.08. The Hall–Kier alpha value is -1.85. The average molecular weight is 240 g/mol. The molecule has 0 radical (unpaired) electrons. The molecule has 94 valence electrons. The summed E-state index contributed by atoms with van der Waals surface area (Å²) >= 11 is 0. The maximum absolute atomic E-state index is 12.1. The van der Waals surface area contributed by atoms with Crippen LogP contribution in [0.25, 0.3) is 0 Å². The predicted molar refractivity (Wildman–Crippen MR) is 59.7 cm³/mol. The molecule has 1 aliphatic heterocycles. The van der Waals surface area contributed by atoms with Crippen LogP contribution in [0.3, 0.4) is 0 Å². The summed E-state index contributed by atoms with van der Waals surface area (Å²) in [4.78, 5) is 36.9. The first-order valence-corrected chi connectivity index (χ1v) is 5.09. The van der Waals surface area contributed by atoms with Gasteiger partial charge >= 0.3 is 5.97 Å². The van der Waals surface area contributed by atoms with Crippen molar-refractivity contribution >= 4 is 17.8 Å². The molecule has 0 aromatic rings. The Kier molecular flexibility index (Phi) is 3.26. The van der Waals surface area contributed by atoms with Gasteiger partial charge in [-0.15, -0.1) is 0 Å². The second kappa shape index (κ2) is 4.20. The molecule has 1 aliphatic rings. The number of rotatable bonds is 2. The molecule has 1 unspecified atom stereocenters. The van der Waals surface area contributed by atoms with E-state index in [9.17, 15) is 14.4 Å². The fourth-order valence-corrected chi connectivity index (χ4v) is 1.96. The zero-order valence-corrected chi connectivity index (χ0v) is 10.6. The molecule has 0 aromatic carbocycles. The zero-order valence-electron chi connectivity index (χ0n) is 10.6. The minimum absolute atomic E-state index is 0.0729. The Morgan fingerprint density at radius 1 is 1.35 bits per heavy atom. The normalized spacial score (nSPS) is 23.5. The van der Waals surface area contributed by atoms with Gasteiger partial charge in [0.25, 0.3) is 0 Å². The molecular weight excluding hydrogens is 224 g/mol. The van der Waals surface area contributed by atoms with Crippen molar-refractivity contribution in [3.05, 3.63) is 11.3 Å². The number of ether oxygens (including phenoxy) is 1. The van der Waals surface area contributed by atoms with Crippen molar-refractivity contribution in [2.75, 3.05) is 21.2 Å². The molecule has 1 N–H and O–H groups in total. The van der Waals surface area contributed by atoms with Crippen molar-refractivity contribution in [1.82, 2.24) is 10.2 Å². The number of nitrogens with one attached hydrogen (secondary N) is 1. The van der Waals surface area contributed by atoms with Gasteiger partial charge in [-0.3, -0.25) is 9.59 Å². The third kappa shape index (κ3) is 1.79. The van der Waals surface area contributed by atoms with E-state index in [1.54, 1.807) is 6.92 Å². The Morgan fingerprint density at radius 2 is 1.88 bits per heavy atom. The fourth-order valence-electron chi connectivity index (χ4n) is 1.96. The summed E-state index contributed by atoms with van der Waals surface area (Å²) in [7, 11) is 4.28. The second-order valence-electron chi connectivity index (χ2n) is 4.27. The Balaban J connectivity index is 3.33. The number of hydrogen-bond donors (Lipinski definition) is 1. The van der Waals surface area contributed by atoms with E-state index in [4.69, 9.17) is 0 Å². The van der Waals surface area contributed by atoms with Gasteiger partial charge in [0.2, 0.25) is 11.8 Å². The van der Waals surface area contributed by atoms with Gasteiger partial charge in [-0.05, 0) is 13.8 Å². The second-order valence-corrected chi connectivity index (χ2v) is 4.27. The lowest BCUT2D eigenvalue weighted by Crippen LogP contribution is -2.46. The van der Waals surface area contributed by atoms with Gasteiger partial charge < -0.3 is 15.0 Å². The molecule has 6 heteroatoms. The number of methoxy groups -OCH3 is 1. The molecule has 0 aliphatic carbocycles. The van der Waals surface area contributed by atoms with E-state index in [0.29, 0.717) is 5.70 Å². The van der Waals surface area contributed by atoms with E-state index in [2.05, 4.69) is 10.1 Å². The van der Waals surface area contributed by atoms with Gasteiger partial charge in [0, 0.05) is 19.8 Å². The van der Waals surface area contributed by atoms with Crippen LogP contribution < -0.4 is 5.32 Å². The molecule has 2 amide bonds. The molecule has 0 fully saturated rings. The molecular formula is C11H16N2O4. The van der Waals surface area contributed by atoms with Crippen molar-refractivity contribution in [1.29, 1.82) is 0 Å². The third-order valence-corrected chi connectivity index (χ3v) is 2.85.